The van der Waals surface area contributed by atoms with Crippen LogP contribution < -0.4 is 14.4 Å². The van der Waals surface area contributed by atoms with E-state index in [-0.39, 0.29) is 17.4 Å². The maximum atomic E-state index is 13.6. The lowest BCUT2D eigenvalue weighted by Crippen LogP contribution is -2.29. The third-order valence-electron chi connectivity index (χ3n) is 7.10. The van der Waals surface area contributed by atoms with Crippen molar-refractivity contribution in [2.75, 3.05) is 11.5 Å². The first kappa shape index (κ1) is 26.3. The summed E-state index contributed by atoms with van der Waals surface area (Å²) in [6, 6.07) is 17.0. The van der Waals surface area contributed by atoms with Crippen molar-refractivity contribution in [2.45, 2.75) is 45.3 Å². The molecule has 40 heavy (non-hydrogen) atoms. The number of carbonyl (C=O) groups is 2. The Balaban J connectivity index is 1.50. The second-order valence-electron chi connectivity index (χ2n) is 10.0. The number of ketones is 1. The average Bonchev–Trinajstić information content (AvgIpc) is 3.60. The number of thiazole rings is 1. The van der Waals surface area contributed by atoms with E-state index in [0.29, 0.717) is 45.6 Å². The zero-order chi connectivity index (χ0) is 28.0. The molecular formula is C31H27ClN2O5S. The number of fused-ring (bicyclic) bond motifs is 2. The third kappa shape index (κ3) is 4.71. The Bertz CT molecular complexity index is 1680. The number of aliphatic hydroxyl groups is 1. The number of carbonyl (C=O) groups excluding carboxylic acids is 2. The Hall–Kier alpha value is -3.88. The number of amides is 1. The lowest BCUT2D eigenvalue weighted by molar-refractivity contribution is -0.132. The summed E-state index contributed by atoms with van der Waals surface area (Å²) in [5, 5.41) is 12.5. The monoisotopic (exact) mass is 574 g/mol. The van der Waals surface area contributed by atoms with Gasteiger partial charge in [-0.15, -0.1) is 0 Å². The number of Topliss-reactive ketones (excluding diaryl/α,β-unsaturated/α-hetero) is 1. The molecule has 204 valence electrons. The zero-order valence-electron chi connectivity index (χ0n) is 22.0. The fourth-order valence-electron chi connectivity index (χ4n) is 5.17. The molecule has 4 aromatic rings. The predicted molar refractivity (Wildman–Crippen MR) is 156 cm³/mol. The van der Waals surface area contributed by atoms with E-state index >= 15 is 0 Å². The van der Waals surface area contributed by atoms with Crippen LogP contribution in [-0.4, -0.2) is 34.5 Å². The molecule has 7 nitrogen and oxygen atoms in total. The van der Waals surface area contributed by atoms with Crippen LogP contribution >= 0.6 is 22.9 Å². The molecule has 0 bridgehead atoms. The van der Waals surface area contributed by atoms with Crippen LogP contribution in [0, 0.1) is 0 Å². The highest BCUT2D eigenvalue weighted by Crippen LogP contribution is 2.45. The van der Waals surface area contributed by atoms with Gasteiger partial charge in [0.15, 0.2) is 5.13 Å². The third-order valence-corrected chi connectivity index (χ3v) is 8.35. The number of aromatic nitrogens is 1. The van der Waals surface area contributed by atoms with Gasteiger partial charge in [-0.25, -0.2) is 4.98 Å². The summed E-state index contributed by atoms with van der Waals surface area (Å²) >= 11 is 7.46. The normalized spacial score (nSPS) is 19.7. The molecule has 1 N–H and O–H groups in total. The van der Waals surface area contributed by atoms with Crippen LogP contribution in [0.1, 0.15) is 49.4 Å². The topological polar surface area (TPSA) is 89.0 Å². The number of unbranched alkanes of at least 4 members (excludes halogenated alkanes) is 1. The van der Waals surface area contributed by atoms with E-state index in [1.54, 1.807) is 30.3 Å². The largest absolute Gasteiger partial charge is 0.507 e. The van der Waals surface area contributed by atoms with Crippen molar-refractivity contribution in [2.24, 2.45) is 0 Å². The van der Waals surface area contributed by atoms with Gasteiger partial charge < -0.3 is 14.6 Å². The summed E-state index contributed by atoms with van der Waals surface area (Å²) in [6.45, 7) is 4.62. The standard InChI is InChI=1S/C31H27ClN2O5S/c1-3-4-12-38-22-7-5-6-18(15-22)27-26(28(35)19-8-11-24-20(14-19)13-17(2)39-24)29(36)30(37)34(27)31-33-23-10-9-21(32)16-25(23)40-31/h5-11,14-17,27,35H,3-4,12-13H2,1-2H3/t17-,27-/m0/s1. The van der Waals surface area contributed by atoms with Crippen molar-refractivity contribution in [1.29, 1.82) is 0 Å². The molecule has 1 fully saturated rings. The van der Waals surface area contributed by atoms with Gasteiger partial charge in [-0.1, -0.05) is 48.4 Å². The van der Waals surface area contributed by atoms with E-state index in [9.17, 15) is 14.7 Å². The molecule has 3 aromatic carbocycles. The molecule has 2 atom stereocenters. The molecule has 1 amide bonds. The quantitative estimate of drug-likeness (QED) is 0.110. The molecule has 0 unspecified atom stereocenters. The average molecular weight is 575 g/mol. The Kier molecular flexibility index (Phi) is 6.98. The van der Waals surface area contributed by atoms with Gasteiger partial charge in [-0.3, -0.25) is 14.5 Å². The van der Waals surface area contributed by atoms with Crippen molar-refractivity contribution >= 4 is 55.7 Å². The molecular weight excluding hydrogens is 548 g/mol. The number of nitrogens with zero attached hydrogens (tertiary/aromatic N) is 2. The fraction of sp³-hybridized carbons (Fsp3) is 0.258. The highest BCUT2D eigenvalue weighted by Gasteiger charge is 2.48. The van der Waals surface area contributed by atoms with Gasteiger partial charge in [0.05, 0.1) is 28.4 Å². The van der Waals surface area contributed by atoms with Gasteiger partial charge in [0, 0.05) is 17.0 Å². The van der Waals surface area contributed by atoms with Crippen LogP contribution in [0.2, 0.25) is 5.02 Å². The highest BCUT2D eigenvalue weighted by molar-refractivity contribution is 7.22. The minimum atomic E-state index is -0.908. The van der Waals surface area contributed by atoms with E-state index in [2.05, 4.69) is 11.9 Å². The molecule has 2 aliphatic rings. The Morgan fingerprint density at radius 1 is 1.18 bits per heavy atom. The molecule has 0 radical (unpaired) electrons. The van der Waals surface area contributed by atoms with Crippen LogP contribution in [0.5, 0.6) is 11.5 Å². The zero-order valence-corrected chi connectivity index (χ0v) is 23.6. The number of halogens is 1. The number of hydrogen-bond donors (Lipinski definition) is 1. The Morgan fingerprint density at radius 3 is 2.85 bits per heavy atom. The molecule has 2 aliphatic heterocycles. The van der Waals surface area contributed by atoms with E-state index in [4.69, 9.17) is 21.1 Å². The molecule has 1 saturated heterocycles. The van der Waals surface area contributed by atoms with E-state index < -0.39 is 17.7 Å². The first-order valence-corrected chi connectivity index (χ1v) is 14.4. The van der Waals surface area contributed by atoms with Crippen LogP contribution in [0.4, 0.5) is 5.13 Å². The minimum absolute atomic E-state index is 0.0000829. The van der Waals surface area contributed by atoms with Crippen molar-refractivity contribution in [3.63, 3.8) is 0 Å². The number of hydrogen-bond acceptors (Lipinski definition) is 7. The van der Waals surface area contributed by atoms with Crippen LogP contribution in [0.15, 0.2) is 66.2 Å². The van der Waals surface area contributed by atoms with Crippen molar-refractivity contribution < 1.29 is 24.2 Å². The van der Waals surface area contributed by atoms with Gasteiger partial charge >= 0.3 is 5.91 Å². The molecule has 0 saturated carbocycles. The maximum absolute atomic E-state index is 13.6. The fourth-order valence-corrected chi connectivity index (χ4v) is 6.44. The van der Waals surface area contributed by atoms with Gasteiger partial charge in [-0.2, -0.15) is 0 Å². The summed E-state index contributed by atoms with van der Waals surface area (Å²) in [5.74, 6) is -0.397. The molecule has 1 aromatic heterocycles. The van der Waals surface area contributed by atoms with Gasteiger partial charge in [0.1, 0.15) is 23.4 Å². The van der Waals surface area contributed by atoms with Crippen molar-refractivity contribution in [1.82, 2.24) is 4.98 Å². The lowest BCUT2D eigenvalue weighted by Gasteiger charge is -2.23. The maximum Gasteiger partial charge on any atom is 0.301 e. The molecule has 0 spiro atoms. The van der Waals surface area contributed by atoms with Gasteiger partial charge in [0.2, 0.25) is 0 Å². The van der Waals surface area contributed by atoms with Crippen molar-refractivity contribution in [3.05, 3.63) is 87.9 Å². The highest BCUT2D eigenvalue weighted by atomic mass is 35.5. The number of aliphatic hydroxyl groups excluding tert-OH is 1. The Morgan fingerprint density at radius 2 is 2.02 bits per heavy atom. The van der Waals surface area contributed by atoms with Gasteiger partial charge in [0.25, 0.3) is 5.78 Å². The summed E-state index contributed by atoms with van der Waals surface area (Å²) in [6.07, 6.45) is 2.62. The number of anilines is 1. The van der Waals surface area contributed by atoms with E-state index in [0.717, 1.165) is 28.9 Å². The molecule has 6 rings (SSSR count). The first-order chi connectivity index (χ1) is 19.3. The van der Waals surface area contributed by atoms with Crippen molar-refractivity contribution in [3.8, 4) is 11.5 Å². The molecule has 0 aliphatic carbocycles. The summed E-state index contributed by atoms with van der Waals surface area (Å²) in [4.78, 5) is 33.3. The summed E-state index contributed by atoms with van der Waals surface area (Å²) in [7, 11) is 0. The SMILES string of the molecule is CCCCOc1cccc([C@H]2C(=C(O)c3ccc4c(c3)C[C@H](C)O4)C(=O)C(=O)N2c2nc3ccc(Cl)cc3s2)c1. The second kappa shape index (κ2) is 10.6. The van der Waals surface area contributed by atoms with Crippen LogP contribution in [0.3, 0.4) is 0 Å². The first-order valence-electron chi connectivity index (χ1n) is 13.2. The second-order valence-corrected chi connectivity index (χ2v) is 11.5. The Labute approximate surface area is 240 Å². The minimum Gasteiger partial charge on any atom is -0.507 e. The molecule has 3 heterocycles. The van der Waals surface area contributed by atoms with E-state index in [1.807, 2.05) is 37.3 Å². The van der Waals surface area contributed by atoms with Crippen LogP contribution in [0.25, 0.3) is 16.0 Å². The van der Waals surface area contributed by atoms with E-state index in [1.165, 1.54) is 16.2 Å². The lowest BCUT2D eigenvalue weighted by atomic mass is 9.94. The summed E-state index contributed by atoms with van der Waals surface area (Å²) < 4.78 is 12.5. The summed E-state index contributed by atoms with van der Waals surface area (Å²) in [5.41, 5.74) is 2.68. The molecule has 9 heteroatoms. The number of rotatable bonds is 7. The number of benzene rings is 3. The van der Waals surface area contributed by atoms with Crippen LogP contribution in [-0.2, 0) is 16.0 Å². The smallest absolute Gasteiger partial charge is 0.301 e. The number of ether oxygens (including phenoxy) is 2. The van der Waals surface area contributed by atoms with Gasteiger partial charge in [-0.05, 0) is 73.0 Å². The predicted octanol–water partition coefficient (Wildman–Crippen LogP) is 7.08.